The lowest BCUT2D eigenvalue weighted by molar-refractivity contribution is 0.164. The van der Waals surface area contributed by atoms with Crippen LogP contribution in [0.1, 0.15) is 17.2 Å². The van der Waals surface area contributed by atoms with E-state index in [1.165, 1.54) is 6.07 Å². The molecule has 0 bridgehead atoms. The van der Waals surface area contributed by atoms with Crippen molar-refractivity contribution in [3.8, 4) is 11.3 Å². The number of hydrogen-bond donors (Lipinski definition) is 3. The molecule has 0 amide bonds. The largest absolute Gasteiger partial charge is 0.387 e. The van der Waals surface area contributed by atoms with Crippen LogP contribution in [0.5, 0.6) is 0 Å². The quantitative estimate of drug-likeness (QED) is 0.651. The Bertz CT molecular complexity index is 785. The zero-order valence-corrected chi connectivity index (χ0v) is 12.8. The van der Waals surface area contributed by atoms with Crippen molar-refractivity contribution in [2.45, 2.75) is 12.6 Å². The second kappa shape index (κ2) is 7.33. The molecule has 0 saturated carbocycles. The van der Waals surface area contributed by atoms with Crippen LogP contribution in [-0.4, -0.2) is 21.8 Å². The van der Waals surface area contributed by atoms with Gasteiger partial charge in [-0.1, -0.05) is 36.4 Å². The number of nitrogens with one attached hydrogen (secondary N) is 2. The fraction of sp³-hybridized carbons (Fsp3) is 0.167. The second-order valence-corrected chi connectivity index (χ2v) is 5.42. The summed E-state index contributed by atoms with van der Waals surface area (Å²) in [5.41, 5.74) is 2.45. The lowest BCUT2D eigenvalue weighted by Crippen LogP contribution is -2.22. The van der Waals surface area contributed by atoms with Crippen molar-refractivity contribution < 1.29 is 13.9 Å². The summed E-state index contributed by atoms with van der Waals surface area (Å²) in [5.74, 6) is -1.50. The van der Waals surface area contributed by atoms with Gasteiger partial charge in [0.05, 0.1) is 23.6 Å². The molecule has 1 aromatic heterocycles. The van der Waals surface area contributed by atoms with Gasteiger partial charge in [0, 0.05) is 18.7 Å². The minimum Gasteiger partial charge on any atom is -0.387 e. The van der Waals surface area contributed by atoms with Crippen molar-refractivity contribution >= 4 is 0 Å². The Morgan fingerprint density at radius 2 is 1.75 bits per heavy atom. The molecular formula is C18H17F2N3O. The van der Waals surface area contributed by atoms with E-state index in [9.17, 15) is 13.9 Å². The van der Waals surface area contributed by atoms with Gasteiger partial charge in [-0.15, -0.1) is 0 Å². The first-order valence-corrected chi connectivity index (χ1v) is 7.57. The van der Waals surface area contributed by atoms with Crippen LogP contribution in [0.3, 0.4) is 0 Å². The van der Waals surface area contributed by atoms with Crippen LogP contribution in [0.25, 0.3) is 11.3 Å². The highest BCUT2D eigenvalue weighted by Gasteiger charge is 2.17. The lowest BCUT2D eigenvalue weighted by Gasteiger charge is -2.14. The molecule has 4 nitrogen and oxygen atoms in total. The number of benzene rings is 2. The molecule has 0 fully saturated rings. The molecule has 3 N–H and O–H groups in total. The standard InChI is InChI=1S/C18H17F2N3O/c19-14-7-4-8-15(20)17(14)16(24)11-21-9-13-10-22-23-18(13)12-5-2-1-3-6-12/h1-8,10,16,21,24H,9,11H2,(H,22,23). The Balaban J connectivity index is 1.65. The minimum absolute atomic E-state index is 0.0251. The van der Waals surface area contributed by atoms with Crippen LogP contribution in [0.4, 0.5) is 8.78 Å². The third-order valence-corrected chi connectivity index (χ3v) is 3.77. The van der Waals surface area contributed by atoms with Crippen LogP contribution in [0, 0.1) is 11.6 Å². The summed E-state index contributed by atoms with van der Waals surface area (Å²) < 4.78 is 27.3. The molecule has 6 heteroatoms. The van der Waals surface area contributed by atoms with Crippen LogP contribution < -0.4 is 5.32 Å². The number of halogens is 2. The third-order valence-electron chi connectivity index (χ3n) is 3.77. The van der Waals surface area contributed by atoms with E-state index in [4.69, 9.17) is 0 Å². The number of aliphatic hydroxyl groups excluding tert-OH is 1. The first kappa shape index (κ1) is 16.3. The van der Waals surface area contributed by atoms with Gasteiger partial charge in [-0.05, 0) is 17.7 Å². The summed E-state index contributed by atoms with van der Waals surface area (Å²) >= 11 is 0. The highest BCUT2D eigenvalue weighted by atomic mass is 19.1. The van der Waals surface area contributed by atoms with Crippen molar-refractivity contribution in [3.05, 3.63) is 77.5 Å². The Labute approximate surface area is 138 Å². The SMILES string of the molecule is OC(CNCc1cn[nH]c1-c1ccccc1)c1c(F)cccc1F. The van der Waals surface area contributed by atoms with Crippen molar-refractivity contribution in [2.24, 2.45) is 0 Å². The summed E-state index contributed by atoms with van der Waals surface area (Å²) in [6.07, 6.45) is 0.420. The molecule has 0 aliphatic heterocycles. The summed E-state index contributed by atoms with van der Waals surface area (Å²) in [7, 11) is 0. The summed E-state index contributed by atoms with van der Waals surface area (Å²) in [4.78, 5) is 0. The Morgan fingerprint density at radius 1 is 1.04 bits per heavy atom. The molecule has 124 valence electrons. The molecule has 1 atom stereocenters. The number of nitrogens with zero attached hydrogens (tertiary/aromatic N) is 1. The predicted molar refractivity (Wildman–Crippen MR) is 87.0 cm³/mol. The van der Waals surface area contributed by atoms with E-state index in [2.05, 4.69) is 15.5 Å². The van der Waals surface area contributed by atoms with Gasteiger partial charge in [-0.2, -0.15) is 5.10 Å². The zero-order valence-electron chi connectivity index (χ0n) is 12.8. The van der Waals surface area contributed by atoms with Crippen molar-refractivity contribution in [1.82, 2.24) is 15.5 Å². The van der Waals surface area contributed by atoms with Gasteiger partial charge in [-0.3, -0.25) is 5.10 Å². The average Bonchev–Trinajstić information content (AvgIpc) is 3.04. The van der Waals surface area contributed by atoms with Gasteiger partial charge in [0.1, 0.15) is 11.6 Å². The molecule has 0 aliphatic carbocycles. The summed E-state index contributed by atoms with van der Waals surface area (Å²) in [6.45, 7) is 0.436. The molecule has 1 heterocycles. The van der Waals surface area contributed by atoms with Gasteiger partial charge in [0.15, 0.2) is 0 Å². The minimum atomic E-state index is -1.27. The maximum Gasteiger partial charge on any atom is 0.131 e. The first-order chi connectivity index (χ1) is 11.7. The molecule has 3 aromatic rings. The van der Waals surface area contributed by atoms with Gasteiger partial charge < -0.3 is 10.4 Å². The number of H-pyrrole nitrogens is 1. The Kier molecular flexibility index (Phi) is 4.98. The Hall–Kier alpha value is -2.57. The number of aromatic amines is 1. The van der Waals surface area contributed by atoms with Crippen molar-refractivity contribution in [2.75, 3.05) is 6.54 Å². The fourth-order valence-electron chi connectivity index (χ4n) is 2.57. The maximum absolute atomic E-state index is 13.6. The molecule has 0 spiro atoms. The number of aliphatic hydroxyl groups is 1. The van der Waals surface area contributed by atoms with Crippen LogP contribution in [-0.2, 0) is 6.54 Å². The normalized spacial score (nSPS) is 12.3. The highest BCUT2D eigenvalue weighted by Crippen LogP contribution is 2.22. The van der Waals surface area contributed by atoms with E-state index >= 15 is 0 Å². The number of hydrogen-bond acceptors (Lipinski definition) is 3. The van der Waals surface area contributed by atoms with E-state index < -0.39 is 17.7 Å². The van der Waals surface area contributed by atoms with Crippen LogP contribution in [0.2, 0.25) is 0 Å². The van der Waals surface area contributed by atoms with Crippen molar-refractivity contribution in [1.29, 1.82) is 0 Å². The average molecular weight is 329 g/mol. The van der Waals surface area contributed by atoms with E-state index in [0.29, 0.717) is 6.54 Å². The Morgan fingerprint density at radius 3 is 2.46 bits per heavy atom. The highest BCUT2D eigenvalue weighted by molar-refractivity contribution is 5.62. The van der Waals surface area contributed by atoms with Gasteiger partial charge in [-0.25, -0.2) is 8.78 Å². The summed E-state index contributed by atoms with van der Waals surface area (Å²) in [5, 5.41) is 20.0. The maximum atomic E-state index is 13.6. The lowest BCUT2D eigenvalue weighted by atomic mass is 10.1. The molecule has 0 saturated heterocycles. The van der Waals surface area contributed by atoms with Gasteiger partial charge in [0.2, 0.25) is 0 Å². The summed E-state index contributed by atoms with van der Waals surface area (Å²) in [6, 6.07) is 13.2. The smallest absolute Gasteiger partial charge is 0.131 e. The zero-order chi connectivity index (χ0) is 16.9. The van der Waals surface area contributed by atoms with E-state index in [1.807, 2.05) is 30.3 Å². The first-order valence-electron chi connectivity index (χ1n) is 7.57. The number of aromatic nitrogens is 2. The van der Waals surface area contributed by atoms with Crippen LogP contribution in [0.15, 0.2) is 54.7 Å². The third kappa shape index (κ3) is 3.50. The molecule has 2 aromatic carbocycles. The molecule has 0 radical (unpaired) electrons. The van der Waals surface area contributed by atoms with E-state index in [1.54, 1.807) is 6.20 Å². The predicted octanol–water partition coefficient (Wildman–Crippen LogP) is 3.18. The molecule has 3 rings (SSSR count). The monoisotopic (exact) mass is 329 g/mol. The molecule has 0 aliphatic rings. The van der Waals surface area contributed by atoms with Gasteiger partial charge >= 0.3 is 0 Å². The fourth-order valence-corrected chi connectivity index (χ4v) is 2.57. The molecule has 24 heavy (non-hydrogen) atoms. The van der Waals surface area contributed by atoms with Crippen LogP contribution >= 0.6 is 0 Å². The van der Waals surface area contributed by atoms with Gasteiger partial charge in [0.25, 0.3) is 0 Å². The van der Waals surface area contributed by atoms with E-state index in [0.717, 1.165) is 29.0 Å². The number of rotatable bonds is 6. The molecule has 1 unspecified atom stereocenters. The second-order valence-electron chi connectivity index (χ2n) is 5.42. The van der Waals surface area contributed by atoms with E-state index in [-0.39, 0.29) is 12.1 Å². The topological polar surface area (TPSA) is 60.9 Å². The van der Waals surface area contributed by atoms with Crippen molar-refractivity contribution in [3.63, 3.8) is 0 Å². The molecular weight excluding hydrogens is 312 g/mol.